The number of nitrogens with one attached hydrogen (secondary N) is 1. The highest BCUT2D eigenvalue weighted by Crippen LogP contribution is 2.22. The lowest BCUT2D eigenvalue weighted by molar-refractivity contribution is 0.827. The van der Waals surface area contributed by atoms with Crippen molar-refractivity contribution in [3.05, 3.63) is 52.6 Å². The number of anilines is 1. The van der Waals surface area contributed by atoms with Gasteiger partial charge in [0.1, 0.15) is 5.82 Å². The average Bonchev–Trinajstić information content (AvgIpc) is 2.76. The number of aryl methyl sites for hydroxylation is 4. The van der Waals surface area contributed by atoms with Gasteiger partial charge in [-0.05, 0) is 46.2 Å². The highest BCUT2D eigenvalue weighted by Gasteiger charge is 2.13. The predicted octanol–water partition coefficient (Wildman–Crippen LogP) is 3.53. The van der Waals surface area contributed by atoms with Crippen LogP contribution in [0.1, 0.15) is 41.2 Å². The van der Waals surface area contributed by atoms with Gasteiger partial charge >= 0.3 is 0 Å². The van der Waals surface area contributed by atoms with Gasteiger partial charge in [-0.1, -0.05) is 6.07 Å². The second-order valence-corrected chi connectivity index (χ2v) is 5.83. The molecule has 0 spiro atoms. The Balaban J connectivity index is 1.99. The molecule has 3 aromatic heterocycles. The van der Waals surface area contributed by atoms with E-state index in [1.807, 2.05) is 43.6 Å². The Morgan fingerprint density at radius 2 is 1.86 bits per heavy atom. The van der Waals surface area contributed by atoms with Gasteiger partial charge in [0.2, 0.25) is 0 Å². The number of hydrogen-bond acceptors (Lipinski definition) is 4. The molecular formula is C17H21N5. The van der Waals surface area contributed by atoms with Crippen molar-refractivity contribution in [3.63, 3.8) is 0 Å². The minimum Gasteiger partial charge on any atom is -0.363 e. The summed E-state index contributed by atoms with van der Waals surface area (Å²) >= 11 is 0. The van der Waals surface area contributed by atoms with Crippen molar-refractivity contribution >= 4 is 11.5 Å². The first-order valence-corrected chi connectivity index (χ1v) is 7.48. The summed E-state index contributed by atoms with van der Waals surface area (Å²) in [5.74, 6) is 0.951. The molecule has 0 saturated carbocycles. The fraction of sp³-hybridized carbons (Fsp3) is 0.353. The summed E-state index contributed by atoms with van der Waals surface area (Å²) in [7, 11) is 0. The van der Waals surface area contributed by atoms with E-state index in [0.717, 1.165) is 39.7 Å². The van der Waals surface area contributed by atoms with Crippen molar-refractivity contribution in [2.24, 2.45) is 0 Å². The van der Waals surface area contributed by atoms with Crippen LogP contribution >= 0.6 is 0 Å². The fourth-order valence-electron chi connectivity index (χ4n) is 2.49. The van der Waals surface area contributed by atoms with Gasteiger partial charge in [0.05, 0.1) is 11.7 Å². The maximum atomic E-state index is 4.60. The molecule has 0 fully saturated rings. The lowest BCUT2D eigenvalue weighted by Gasteiger charge is -2.16. The molecule has 0 aliphatic carbocycles. The smallest absolute Gasteiger partial charge is 0.160 e. The van der Waals surface area contributed by atoms with Crippen LogP contribution in [0.25, 0.3) is 5.65 Å². The molecule has 0 unspecified atom stereocenters. The second kappa shape index (κ2) is 5.40. The molecule has 3 heterocycles. The highest BCUT2D eigenvalue weighted by atomic mass is 15.3. The zero-order valence-corrected chi connectivity index (χ0v) is 13.7. The lowest BCUT2D eigenvalue weighted by atomic mass is 10.1. The topological polar surface area (TPSA) is 55.1 Å². The highest BCUT2D eigenvalue weighted by molar-refractivity contribution is 5.56. The minimum absolute atomic E-state index is 0.142. The Kier molecular flexibility index (Phi) is 3.56. The summed E-state index contributed by atoms with van der Waals surface area (Å²) in [5, 5.41) is 8.11. The van der Waals surface area contributed by atoms with Crippen LogP contribution in [0.2, 0.25) is 0 Å². The van der Waals surface area contributed by atoms with Crippen LogP contribution in [0, 0.1) is 27.7 Å². The van der Waals surface area contributed by atoms with Crippen LogP contribution < -0.4 is 5.32 Å². The maximum absolute atomic E-state index is 4.60. The van der Waals surface area contributed by atoms with E-state index in [4.69, 9.17) is 0 Å². The molecule has 1 atom stereocenters. The van der Waals surface area contributed by atoms with Crippen LogP contribution in [-0.4, -0.2) is 19.6 Å². The molecular weight excluding hydrogens is 274 g/mol. The van der Waals surface area contributed by atoms with Crippen molar-refractivity contribution in [3.8, 4) is 0 Å². The second-order valence-electron chi connectivity index (χ2n) is 5.83. The predicted molar refractivity (Wildman–Crippen MR) is 88.2 cm³/mol. The molecule has 0 radical (unpaired) electrons. The van der Waals surface area contributed by atoms with E-state index in [-0.39, 0.29) is 6.04 Å². The molecule has 0 saturated heterocycles. The quantitative estimate of drug-likeness (QED) is 0.803. The van der Waals surface area contributed by atoms with E-state index in [1.54, 1.807) is 0 Å². The van der Waals surface area contributed by atoms with Crippen LogP contribution in [0.15, 0.2) is 24.4 Å². The van der Waals surface area contributed by atoms with Gasteiger partial charge in [0.25, 0.3) is 0 Å². The molecule has 3 aromatic rings. The summed E-state index contributed by atoms with van der Waals surface area (Å²) in [6.07, 6.45) is 1.91. The number of rotatable bonds is 3. The molecule has 1 N–H and O–H groups in total. The lowest BCUT2D eigenvalue weighted by Crippen LogP contribution is -2.11. The van der Waals surface area contributed by atoms with Gasteiger partial charge < -0.3 is 5.32 Å². The van der Waals surface area contributed by atoms with Crippen molar-refractivity contribution in [1.82, 2.24) is 19.6 Å². The summed E-state index contributed by atoms with van der Waals surface area (Å²) in [5.41, 5.74) is 6.19. The van der Waals surface area contributed by atoms with Crippen LogP contribution in [0.3, 0.4) is 0 Å². The molecule has 22 heavy (non-hydrogen) atoms. The monoisotopic (exact) mass is 295 g/mol. The van der Waals surface area contributed by atoms with E-state index in [9.17, 15) is 0 Å². The molecule has 0 aliphatic heterocycles. The van der Waals surface area contributed by atoms with E-state index in [1.165, 1.54) is 0 Å². The maximum Gasteiger partial charge on any atom is 0.160 e. The Morgan fingerprint density at radius 1 is 1.09 bits per heavy atom. The number of nitrogens with zero attached hydrogens (tertiary/aromatic N) is 4. The fourth-order valence-corrected chi connectivity index (χ4v) is 2.49. The van der Waals surface area contributed by atoms with Crippen LogP contribution in [-0.2, 0) is 0 Å². The van der Waals surface area contributed by atoms with Gasteiger partial charge in [-0.3, -0.25) is 4.98 Å². The number of aromatic nitrogens is 4. The molecule has 114 valence electrons. The Bertz CT molecular complexity index is 817. The van der Waals surface area contributed by atoms with Gasteiger partial charge in [-0.25, -0.2) is 4.98 Å². The number of hydrogen-bond donors (Lipinski definition) is 1. The summed E-state index contributed by atoms with van der Waals surface area (Å²) in [6.45, 7) is 10.2. The molecule has 5 nitrogen and oxygen atoms in total. The van der Waals surface area contributed by atoms with Crippen molar-refractivity contribution < 1.29 is 0 Å². The van der Waals surface area contributed by atoms with E-state index in [2.05, 4.69) is 40.3 Å². The van der Waals surface area contributed by atoms with Gasteiger partial charge in [0, 0.05) is 29.2 Å². The molecule has 3 rings (SSSR count). The van der Waals surface area contributed by atoms with Crippen molar-refractivity contribution in [2.45, 2.75) is 40.7 Å². The minimum atomic E-state index is 0.142. The summed E-state index contributed by atoms with van der Waals surface area (Å²) < 4.78 is 1.88. The number of fused-ring (bicyclic) bond motifs is 1. The third-order valence-corrected chi connectivity index (χ3v) is 3.98. The van der Waals surface area contributed by atoms with Gasteiger partial charge in [0.15, 0.2) is 5.65 Å². The summed E-state index contributed by atoms with van der Waals surface area (Å²) in [4.78, 5) is 8.96. The number of pyridine rings is 1. The normalized spacial score (nSPS) is 12.6. The molecule has 0 aromatic carbocycles. The standard InChI is InChI=1S/C17H21N5/c1-10-6-7-15(9-18-10)14(5)20-16-8-11(2)19-17-12(3)13(4)21-22(16)17/h6-9,14,20H,1-5H3/t14-/m0/s1. The third kappa shape index (κ3) is 2.54. The Labute approximate surface area is 130 Å². The average molecular weight is 295 g/mol. The molecule has 0 bridgehead atoms. The molecule has 0 amide bonds. The first-order valence-electron chi connectivity index (χ1n) is 7.48. The zero-order valence-electron chi connectivity index (χ0n) is 13.7. The van der Waals surface area contributed by atoms with E-state index < -0.39 is 0 Å². The molecule has 5 heteroatoms. The zero-order chi connectivity index (χ0) is 15.9. The molecule has 0 aliphatic rings. The van der Waals surface area contributed by atoms with E-state index >= 15 is 0 Å². The van der Waals surface area contributed by atoms with Gasteiger partial charge in [-0.15, -0.1) is 0 Å². The first kappa shape index (κ1) is 14.5. The van der Waals surface area contributed by atoms with Crippen LogP contribution in [0.4, 0.5) is 5.82 Å². The van der Waals surface area contributed by atoms with Crippen molar-refractivity contribution in [2.75, 3.05) is 5.32 Å². The first-order chi connectivity index (χ1) is 10.5. The Morgan fingerprint density at radius 3 is 2.55 bits per heavy atom. The third-order valence-electron chi connectivity index (χ3n) is 3.98. The SMILES string of the molecule is Cc1ccc([C@H](C)Nc2cc(C)nc3c(C)c(C)nn23)cn1. The Hall–Kier alpha value is -2.43. The largest absolute Gasteiger partial charge is 0.363 e. The van der Waals surface area contributed by atoms with E-state index in [0.29, 0.717) is 0 Å². The summed E-state index contributed by atoms with van der Waals surface area (Å²) in [6, 6.07) is 6.30. The van der Waals surface area contributed by atoms with Crippen molar-refractivity contribution in [1.29, 1.82) is 0 Å². The van der Waals surface area contributed by atoms with Gasteiger partial charge in [-0.2, -0.15) is 9.61 Å². The van der Waals surface area contributed by atoms with Crippen LogP contribution in [0.5, 0.6) is 0 Å².